The molecule has 17 heavy (non-hydrogen) atoms. The van der Waals surface area contributed by atoms with Crippen LogP contribution < -0.4 is 5.32 Å². The molecule has 0 saturated carbocycles. The normalized spacial score (nSPS) is 13.1. The number of halogens is 3. The first-order valence-corrected chi connectivity index (χ1v) is 5.41. The molecule has 5 heteroatoms. The summed E-state index contributed by atoms with van der Waals surface area (Å²) >= 11 is 0. The number of nitrogens with one attached hydrogen (secondary N) is 1. The van der Waals surface area contributed by atoms with Crippen LogP contribution in [-0.2, 0) is 6.54 Å². The van der Waals surface area contributed by atoms with Gasteiger partial charge in [0.25, 0.3) is 0 Å². The first-order chi connectivity index (χ1) is 7.90. The molecule has 0 heterocycles. The van der Waals surface area contributed by atoms with Crippen molar-refractivity contribution in [3.63, 3.8) is 0 Å². The predicted molar refractivity (Wildman–Crippen MR) is 61.2 cm³/mol. The van der Waals surface area contributed by atoms with Crippen molar-refractivity contribution < 1.29 is 13.2 Å². The van der Waals surface area contributed by atoms with E-state index in [0.717, 1.165) is 12.6 Å². The first kappa shape index (κ1) is 14.0. The Morgan fingerprint density at radius 2 is 1.71 bits per heavy atom. The predicted octanol–water partition coefficient (Wildman–Crippen LogP) is 2.14. The minimum Gasteiger partial charge on any atom is -0.309 e. The monoisotopic (exact) mass is 246 g/mol. The van der Waals surface area contributed by atoms with Crippen molar-refractivity contribution in [3.8, 4) is 0 Å². The van der Waals surface area contributed by atoms with Gasteiger partial charge in [0.15, 0.2) is 11.6 Å². The standard InChI is InChI=1S/C12H17F3N2/c1-8(7-17(2)3)16-6-9-4-11(14)12(15)5-10(9)13/h4-5,8,16H,6-7H2,1-3H3. The van der Waals surface area contributed by atoms with Crippen molar-refractivity contribution in [1.82, 2.24) is 10.2 Å². The molecular formula is C12H17F3N2. The van der Waals surface area contributed by atoms with Crippen LogP contribution in [0.4, 0.5) is 13.2 Å². The minimum atomic E-state index is -1.16. The van der Waals surface area contributed by atoms with Gasteiger partial charge >= 0.3 is 0 Å². The molecule has 1 rings (SSSR count). The van der Waals surface area contributed by atoms with E-state index in [1.807, 2.05) is 25.9 Å². The summed E-state index contributed by atoms with van der Waals surface area (Å²) in [5.41, 5.74) is 0.134. The van der Waals surface area contributed by atoms with E-state index in [-0.39, 0.29) is 18.2 Å². The molecule has 0 aliphatic rings. The first-order valence-electron chi connectivity index (χ1n) is 5.41. The quantitative estimate of drug-likeness (QED) is 0.801. The van der Waals surface area contributed by atoms with E-state index in [4.69, 9.17) is 0 Å². The summed E-state index contributed by atoms with van der Waals surface area (Å²) in [6, 6.07) is 1.60. The van der Waals surface area contributed by atoms with E-state index in [2.05, 4.69) is 5.32 Å². The van der Waals surface area contributed by atoms with Crippen LogP contribution >= 0.6 is 0 Å². The minimum absolute atomic E-state index is 0.134. The Hall–Kier alpha value is -1.07. The summed E-state index contributed by atoms with van der Waals surface area (Å²) < 4.78 is 38.9. The van der Waals surface area contributed by atoms with Gasteiger partial charge in [-0.25, -0.2) is 13.2 Å². The second kappa shape index (κ2) is 6.02. The summed E-state index contributed by atoms with van der Waals surface area (Å²) in [5, 5.41) is 3.05. The lowest BCUT2D eigenvalue weighted by Crippen LogP contribution is -2.35. The molecule has 0 amide bonds. The van der Waals surface area contributed by atoms with Crippen LogP contribution in [0.25, 0.3) is 0 Å². The zero-order valence-corrected chi connectivity index (χ0v) is 10.2. The Morgan fingerprint density at radius 3 is 2.29 bits per heavy atom. The summed E-state index contributed by atoms with van der Waals surface area (Å²) in [4.78, 5) is 1.99. The fourth-order valence-corrected chi connectivity index (χ4v) is 1.60. The lowest BCUT2D eigenvalue weighted by atomic mass is 10.2. The van der Waals surface area contributed by atoms with Crippen LogP contribution in [0.3, 0.4) is 0 Å². The molecule has 0 aromatic heterocycles. The van der Waals surface area contributed by atoms with Crippen LogP contribution in [0.2, 0.25) is 0 Å². The molecule has 0 spiro atoms. The molecule has 2 nitrogen and oxygen atoms in total. The van der Waals surface area contributed by atoms with Crippen molar-refractivity contribution in [2.75, 3.05) is 20.6 Å². The van der Waals surface area contributed by atoms with E-state index in [1.165, 1.54) is 0 Å². The Labute approximate surface area is 99.4 Å². The van der Waals surface area contributed by atoms with E-state index in [0.29, 0.717) is 6.07 Å². The summed E-state index contributed by atoms with van der Waals surface area (Å²) in [6.07, 6.45) is 0. The van der Waals surface area contributed by atoms with Gasteiger partial charge in [0.05, 0.1) is 0 Å². The van der Waals surface area contributed by atoms with Gasteiger partial charge in [0.1, 0.15) is 5.82 Å². The maximum Gasteiger partial charge on any atom is 0.161 e. The van der Waals surface area contributed by atoms with Crippen molar-refractivity contribution >= 4 is 0 Å². The van der Waals surface area contributed by atoms with Crippen molar-refractivity contribution in [3.05, 3.63) is 35.1 Å². The zero-order valence-electron chi connectivity index (χ0n) is 10.2. The zero-order chi connectivity index (χ0) is 13.0. The highest BCUT2D eigenvalue weighted by Gasteiger charge is 2.10. The molecule has 1 unspecified atom stereocenters. The highest BCUT2D eigenvalue weighted by molar-refractivity contribution is 5.19. The van der Waals surface area contributed by atoms with Crippen molar-refractivity contribution in [1.29, 1.82) is 0 Å². The molecule has 1 N–H and O–H groups in total. The molecule has 0 aliphatic carbocycles. The molecule has 0 bridgehead atoms. The van der Waals surface area contributed by atoms with Crippen LogP contribution in [0.15, 0.2) is 12.1 Å². The molecular weight excluding hydrogens is 229 g/mol. The van der Waals surface area contributed by atoms with Crippen LogP contribution in [0.1, 0.15) is 12.5 Å². The third-order valence-corrected chi connectivity index (χ3v) is 2.37. The van der Waals surface area contributed by atoms with Gasteiger partial charge in [-0.1, -0.05) is 0 Å². The largest absolute Gasteiger partial charge is 0.309 e. The number of nitrogens with zero attached hydrogens (tertiary/aromatic N) is 1. The number of hydrogen-bond acceptors (Lipinski definition) is 2. The van der Waals surface area contributed by atoms with E-state index >= 15 is 0 Å². The van der Waals surface area contributed by atoms with Gasteiger partial charge in [-0.15, -0.1) is 0 Å². The van der Waals surface area contributed by atoms with E-state index < -0.39 is 17.5 Å². The Kier molecular flexibility index (Phi) is 4.96. The van der Waals surface area contributed by atoms with E-state index in [1.54, 1.807) is 0 Å². The lowest BCUT2D eigenvalue weighted by molar-refractivity contribution is 0.347. The SMILES string of the molecule is CC(CN(C)C)NCc1cc(F)c(F)cc1F. The summed E-state index contributed by atoms with van der Waals surface area (Å²) in [6.45, 7) is 2.90. The van der Waals surface area contributed by atoms with Gasteiger partial charge in [-0.2, -0.15) is 0 Å². The average molecular weight is 246 g/mol. The fraction of sp³-hybridized carbons (Fsp3) is 0.500. The summed E-state index contributed by atoms with van der Waals surface area (Å²) in [5.74, 6) is -2.91. The number of likely N-dealkylation sites (N-methyl/N-ethyl adjacent to an activating group) is 1. The smallest absolute Gasteiger partial charge is 0.161 e. The second-order valence-electron chi connectivity index (χ2n) is 4.40. The molecule has 0 fully saturated rings. The molecule has 96 valence electrons. The van der Waals surface area contributed by atoms with Crippen LogP contribution in [-0.4, -0.2) is 31.6 Å². The van der Waals surface area contributed by atoms with Gasteiger partial charge in [0, 0.05) is 30.8 Å². The Morgan fingerprint density at radius 1 is 1.12 bits per heavy atom. The van der Waals surface area contributed by atoms with Crippen molar-refractivity contribution in [2.45, 2.75) is 19.5 Å². The van der Waals surface area contributed by atoms with E-state index in [9.17, 15) is 13.2 Å². The van der Waals surface area contributed by atoms with Crippen LogP contribution in [0.5, 0.6) is 0 Å². The summed E-state index contributed by atoms with van der Waals surface area (Å²) in [7, 11) is 3.85. The third-order valence-electron chi connectivity index (χ3n) is 2.37. The topological polar surface area (TPSA) is 15.3 Å². The average Bonchev–Trinajstić information content (AvgIpc) is 2.20. The molecule has 0 radical (unpaired) electrons. The lowest BCUT2D eigenvalue weighted by Gasteiger charge is -2.18. The molecule has 0 aliphatic heterocycles. The molecule has 0 saturated heterocycles. The van der Waals surface area contributed by atoms with Gasteiger partial charge in [-0.3, -0.25) is 0 Å². The van der Waals surface area contributed by atoms with Gasteiger partial charge in [-0.05, 0) is 27.1 Å². The Bertz CT molecular complexity index is 380. The van der Waals surface area contributed by atoms with Crippen LogP contribution in [0, 0.1) is 17.5 Å². The Balaban J connectivity index is 2.60. The second-order valence-corrected chi connectivity index (χ2v) is 4.40. The number of rotatable bonds is 5. The maximum atomic E-state index is 13.3. The number of hydrogen-bond donors (Lipinski definition) is 1. The maximum absolute atomic E-state index is 13.3. The highest BCUT2D eigenvalue weighted by Crippen LogP contribution is 2.13. The number of benzene rings is 1. The van der Waals surface area contributed by atoms with Crippen molar-refractivity contribution in [2.24, 2.45) is 0 Å². The highest BCUT2D eigenvalue weighted by atomic mass is 19.2. The third kappa shape index (κ3) is 4.36. The molecule has 1 aromatic rings. The fourth-order valence-electron chi connectivity index (χ4n) is 1.60. The molecule has 1 atom stereocenters. The van der Waals surface area contributed by atoms with Gasteiger partial charge < -0.3 is 10.2 Å². The molecule has 1 aromatic carbocycles. The van der Waals surface area contributed by atoms with Gasteiger partial charge in [0.2, 0.25) is 0 Å².